The molecule has 0 aliphatic heterocycles. The minimum absolute atomic E-state index is 0.519. The van der Waals surface area contributed by atoms with E-state index in [2.05, 4.69) is 57.3 Å². The number of allylic oxidation sites excluding steroid dienone is 3. The molecule has 0 aromatic heterocycles. The lowest BCUT2D eigenvalue weighted by Crippen LogP contribution is -2.44. The molecular weight excluding hydrogens is 218 g/mol. The highest BCUT2D eigenvalue weighted by molar-refractivity contribution is 5.13. The molecular formula is C17H29N. The van der Waals surface area contributed by atoms with Crippen molar-refractivity contribution < 1.29 is 0 Å². The Labute approximate surface area is 113 Å². The Hall–Kier alpha value is -0.560. The zero-order valence-corrected chi connectivity index (χ0v) is 12.5. The molecule has 0 radical (unpaired) electrons. The Morgan fingerprint density at radius 3 is 2.56 bits per heavy atom. The molecule has 0 aromatic carbocycles. The highest BCUT2D eigenvalue weighted by atomic mass is 15.0. The summed E-state index contributed by atoms with van der Waals surface area (Å²) in [7, 11) is 0. The van der Waals surface area contributed by atoms with Crippen LogP contribution in [-0.4, -0.2) is 12.6 Å². The number of fused-ring (bicyclic) bond motifs is 2. The molecule has 0 saturated heterocycles. The lowest BCUT2D eigenvalue weighted by atomic mass is 9.69. The van der Waals surface area contributed by atoms with Gasteiger partial charge >= 0.3 is 0 Å². The van der Waals surface area contributed by atoms with E-state index in [0.29, 0.717) is 10.8 Å². The molecule has 2 aliphatic carbocycles. The zero-order chi connectivity index (χ0) is 13.2. The fourth-order valence-corrected chi connectivity index (χ4v) is 4.14. The summed E-state index contributed by atoms with van der Waals surface area (Å²) in [4.78, 5) is 0. The van der Waals surface area contributed by atoms with Crippen LogP contribution >= 0.6 is 0 Å². The summed E-state index contributed by atoms with van der Waals surface area (Å²) >= 11 is 0. The summed E-state index contributed by atoms with van der Waals surface area (Å²) in [5.74, 6) is 0.943. The fourth-order valence-electron chi connectivity index (χ4n) is 4.14. The van der Waals surface area contributed by atoms with Gasteiger partial charge in [0.25, 0.3) is 0 Å². The van der Waals surface area contributed by atoms with Crippen LogP contribution in [0.3, 0.4) is 0 Å². The van der Waals surface area contributed by atoms with Gasteiger partial charge in [-0.3, -0.25) is 0 Å². The largest absolute Gasteiger partial charge is 0.313 e. The van der Waals surface area contributed by atoms with Crippen molar-refractivity contribution in [2.45, 2.75) is 59.4 Å². The topological polar surface area (TPSA) is 12.0 Å². The van der Waals surface area contributed by atoms with Crippen LogP contribution in [0.4, 0.5) is 0 Å². The standard InChI is InChI=1S/C17H29N/c1-5-6-7-8-9-12-18-15-13-14-10-11-17(15,4)16(14,2)3/h5-8,14-15,18H,9-13H2,1-4H3/b6-5-,8-7-/t14?,15?,17-/m0/s1. The van der Waals surface area contributed by atoms with Gasteiger partial charge in [-0.1, -0.05) is 45.1 Å². The third-order valence-corrected chi connectivity index (χ3v) is 5.94. The quantitative estimate of drug-likeness (QED) is 0.564. The van der Waals surface area contributed by atoms with Crippen molar-refractivity contribution >= 4 is 0 Å². The molecule has 2 fully saturated rings. The number of hydrogen-bond donors (Lipinski definition) is 1. The van der Waals surface area contributed by atoms with E-state index in [1.807, 2.05) is 0 Å². The van der Waals surface area contributed by atoms with Crippen molar-refractivity contribution in [2.75, 3.05) is 6.54 Å². The highest BCUT2D eigenvalue weighted by Gasteiger charge is 2.60. The lowest BCUT2D eigenvalue weighted by Gasteiger charge is -2.39. The van der Waals surface area contributed by atoms with E-state index in [4.69, 9.17) is 0 Å². The van der Waals surface area contributed by atoms with E-state index in [1.165, 1.54) is 19.3 Å². The molecule has 1 nitrogen and oxygen atoms in total. The zero-order valence-electron chi connectivity index (χ0n) is 12.5. The van der Waals surface area contributed by atoms with Crippen molar-refractivity contribution in [1.82, 2.24) is 5.32 Å². The molecule has 102 valence electrons. The smallest absolute Gasteiger partial charge is 0.0129 e. The van der Waals surface area contributed by atoms with Gasteiger partial charge in [-0.2, -0.15) is 0 Å². The number of nitrogens with one attached hydrogen (secondary N) is 1. The summed E-state index contributed by atoms with van der Waals surface area (Å²) in [5, 5.41) is 3.81. The van der Waals surface area contributed by atoms with Crippen molar-refractivity contribution in [3.8, 4) is 0 Å². The van der Waals surface area contributed by atoms with Gasteiger partial charge < -0.3 is 5.32 Å². The summed E-state index contributed by atoms with van der Waals surface area (Å²) in [6, 6.07) is 0.737. The first-order valence-electron chi connectivity index (χ1n) is 7.53. The summed E-state index contributed by atoms with van der Waals surface area (Å²) in [6.07, 6.45) is 14.0. The molecule has 2 bridgehead atoms. The second-order valence-corrected chi connectivity index (χ2v) is 6.86. The SMILES string of the molecule is C/C=C\C=C/CCNC1CC2CC[C@]1(C)C2(C)C. The van der Waals surface area contributed by atoms with Gasteiger partial charge in [0.15, 0.2) is 0 Å². The predicted molar refractivity (Wildman–Crippen MR) is 79.6 cm³/mol. The van der Waals surface area contributed by atoms with E-state index in [1.54, 1.807) is 0 Å². The normalized spacial score (nSPS) is 38.2. The Morgan fingerprint density at radius 2 is 2.00 bits per heavy atom. The minimum atomic E-state index is 0.519. The van der Waals surface area contributed by atoms with Crippen LogP contribution in [0.5, 0.6) is 0 Å². The number of rotatable bonds is 5. The van der Waals surface area contributed by atoms with Gasteiger partial charge in [0.2, 0.25) is 0 Å². The van der Waals surface area contributed by atoms with Crippen molar-refractivity contribution in [3.05, 3.63) is 24.3 Å². The van der Waals surface area contributed by atoms with Crippen LogP contribution in [0, 0.1) is 16.7 Å². The van der Waals surface area contributed by atoms with Gasteiger partial charge in [-0.25, -0.2) is 0 Å². The van der Waals surface area contributed by atoms with E-state index >= 15 is 0 Å². The Kier molecular flexibility index (Phi) is 4.01. The van der Waals surface area contributed by atoms with Gasteiger partial charge in [-0.05, 0) is 55.9 Å². The van der Waals surface area contributed by atoms with Crippen molar-refractivity contribution in [2.24, 2.45) is 16.7 Å². The lowest BCUT2D eigenvalue weighted by molar-refractivity contribution is 0.121. The minimum Gasteiger partial charge on any atom is -0.313 e. The van der Waals surface area contributed by atoms with Crippen molar-refractivity contribution in [1.29, 1.82) is 0 Å². The van der Waals surface area contributed by atoms with Gasteiger partial charge in [0.1, 0.15) is 0 Å². The van der Waals surface area contributed by atoms with E-state index in [0.717, 1.165) is 24.9 Å². The molecule has 0 spiro atoms. The van der Waals surface area contributed by atoms with Crippen LogP contribution in [-0.2, 0) is 0 Å². The van der Waals surface area contributed by atoms with Gasteiger partial charge in [-0.15, -0.1) is 0 Å². The molecule has 2 aliphatic rings. The third kappa shape index (κ3) is 2.18. The highest BCUT2D eigenvalue weighted by Crippen LogP contribution is 2.65. The molecule has 3 atom stereocenters. The van der Waals surface area contributed by atoms with Crippen molar-refractivity contribution in [3.63, 3.8) is 0 Å². The Bertz CT molecular complexity index is 340. The molecule has 1 N–H and O–H groups in total. The van der Waals surface area contributed by atoms with E-state index in [9.17, 15) is 0 Å². The van der Waals surface area contributed by atoms with E-state index in [-0.39, 0.29) is 0 Å². The summed E-state index contributed by atoms with van der Waals surface area (Å²) in [6.45, 7) is 10.7. The van der Waals surface area contributed by atoms with Crippen LogP contribution in [0.2, 0.25) is 0 Å². The second kappa shape index (κ2) is 5.21. The van der Waals surface area contributed by atoms with Crippen LogP contribution in [0.1, 0.15) is 53.4 Å². The molecule has 1 heteroatoms. The first kappa shape index (κ1) is 13.9. The molecule has 18 heavy (non-hydrogen) atoms. The maximum absolute atomic E-state index is 3.81. The van der Waals surface area contributed by atoms with Crippen LogP contribution in [0.15, 0.2) is 24.3 Å². The van der Waals surface area contributed by atoms with Gasteiger partial charge in [0, 0.05) is 6.04 Å². The first-order chi connectivity index (χ1) is 8.52. The maximum atomic E-state index is 3.81. The van der Waals surface area contributed by atoms with Crippen LogP contribution < -0.4 is 5.32 Å². The molecule has 2 saturated carbocycles. The summed E-state index contributed by atoms with van der Waals surface area (Å²) in [5.41, 5.74) is 1.05. The molecule has 2 rings (SSSR count). The predicted octanol–water partition coefficient (Wildman–Crippen LogP) is 4.31. The molecule has 2 unspecified atom stereocenters. The molecule has 0 amide bonds. The molecule has 0 heterocycles. The monoisotopic (exact) mass is 247 g/mol. The number of hydrogen-bond acceptors (Lipinski definition) is 1. The van der Waals surface area contributed by atoms with Gasteiger partial charge in [0.05, 0.1) is 0 Å². The Morgan fingerprint density at radius 1 is 1.22 bits per heavy atom. The van der Waals surface area contributed by atoms with E-state index < -0.39 is 0 Å². The maximum Gasteiger partial charge on any atom is 0.0129 e. The van der Waals surface area contributed by atoms with Crippen LogP contribution in [0.25, 0.3) is 0 Å². The molecule has 0 aromatic rings. The average molecular weight is 247 g/mol. The summed E-state index contributed by atoms with van der Waals surface area (Å²) < 4.78 is 0. The third-order valence-electron chi connectivity index (χ3n) is 5.94. The second-order valence-electron chi connectivity index (χ2n) is 6.86. The Balaban J connectivity index is 1.82. The fraction of sp³-hybridized carbons (Fsp3) is 0.765. The first-order valence-corrected chi connectivity index (χ1v) is 7.53. The average Bonchev–Trinajstić information content (AvgIpc) is 2.66.